The van der Waals surface area contributed by atoms with Crippen molar-refractivity contribution < 1.29 is 29.4 Å². The lowest BCUT2D eigenvalue weighted by Crippen LogP contribution is -2.52. The summed E-state index contributed by atoms with van der Waals surface area (Å²) in [6, 6.07) is 11.4. The third kappa shape index (κ3) is 5.99. The molecule has 2 atom stereocenters. The molecule has 0 radical (unpaired) electrons. The summed E-state index contributed by atoms with van der Waals surface area (Å²) in [6.07, 6.45) is 0.337. The predicted octanol–water partition coefficient (Wildman–Crippen LogP) is 2.15. The zero-order valence-corrected chi connectivity index (χ0v) is 19.2. The van der Waals surface area contributed by atoms with E-state index >= 15 is 0 Å². The Morgan fingerprint density at radius 1 is 0.971 bits per heavy atom. The fourth-order valence-electron chi connectivity index (χ4n) is 3.89. The highest BCUT2D eigenvalue weighted by molar-refractivity contribution is 6.21. The molecule has 1 aliphatic heterocycles. The first-order valence-corrected chi connectivity index (χ1v) is 11.2. The number of nitrogens with zero attached hydrogens (tertiary/aromatic N) is 1. The number of nitrogens with one attached hydrogen (secondary N) is 2. The van der Waals surface area contributed by atoms with Gasteiger partial charge in [-0.05, 0) is 42.5 Å². The van der Waals surface area contributed by atoms with Gasteiger partial charge in [0.25, 0.3) is 11.8 Å². The van der Waals surface area contributed by atoms with Gasteiger partial charge in [-0.1, -0.05) is 44.2 Å². The number of aromatic hydroxyl groups is 1. The predicted molar refractivity (Wildman–Crippen MR) is 124 cm³/mol. The molecule has 0 spiro atoms. The zero-order valence-electron chi connectivity index (χ0n) is 19.2. The van der Waals surface area contributed by atoms with Crippen molar-refractivity contribution in [2.45, 2.75) is 45.3 Å². The number of carboxylic acids is 1. The van der Waals surface area contributed by atoms with Crippen LogP contribution in [0.1, 0.15) is 53.0 Å². The van der Waals surface area contributed by atoms with Gasteiger partial charge in [0.2, 0.25) is 5.91 Å². The van der Waals surface area contributed by atoms with Crippen LogP contribution in [0.25, 0.3) is 0 Å². The van der Waals surface area contributed by atoms with Crippen molar-refractivity contribution in [3.63, 3.8) is 0 Å². The van der Waals surface area contributed by atoms with Crippen LogP contribution in [-0.2, 0) is 16.1 Å². The first-order valence-electron chi connectivity index (χ1n) is 11.2. The summed E-state index contributed by atoms with van der Waals surface area (Å²) >= 11 is 0. The Balaban J connectivity index is 1.65. The number of aliphatic carboxylic acids is 1. The molecule has 2 aromatic carbocycles. The number of phenolic OH excluding ortho intramolecular Hbond substituents is 1. The average molecular weight is 468 g/mol. The fraction of sp³-hybridized carbons (Fsp3) is 0.360. The van der Waals surface area contributed by atoms with Crippen molar-refractivity contribution >= 4 is 23.7 Å². The van der Waals surface area contributed by atoms with Gasteiger partial charge in [0.15, 0.2) is 0 Å². The maximum atomic E-state index is 12.8. The standard InChI is InChI=1S/C25H29N3O6/c1-15(2)12-21(22(30)26-14-16-6-4-3-5-7-16)27-20(25(33)34)10-11-28-23(31)18-9-8-17(29)13-19(18)24(28)32/h3-9,13,15,20-21,27,29H,10-12,14H2,1-2H3,(H,26,30)(H,33,34)/t20?,21-/m1/s1. The highest BCUT2D eigenvalue weighted by atomic mass is 16.4. The van der Waals surface area contributed by atoms with Gasteiger partial charge in [0.05, 0.1) is 17.2 Å². The van der Waals surface area contributed by atoms with Crippen LogP contribution in [0.5, 0.6) is 5.75 Å². The quantitative estimate of drug-likeness (QED) is 0.372. The minimum Gasteiger partial charge on any atom is -0.508 e. The molecule has 0 fully saturated rings. The zero-order chi connectivity index (χ0) is 24.8. The molecule has 34 heavy (non-hydrogen) atoms. The molecule has 0 saturated heterocycles. The molecule has 0 saturated carbocycles. The van der Waals surface area contributed by atoms with E-state index in [1.807, 2.05) is 44.2 Å². The number of hydrogen-bond acceptors (Lipinski definition) is 6. The van der Waals surface area contributed by atoms with Gasteiger partial charge in [-0.15, -0.1) is 0 Å². The summed E-state index contributed by atoms with van der Waals surface area (Å²) in [5.41, 5.74) is 1.18. The van der Waals surface area contributed by atoms with E-state index in [1.165, 1.54) is 18.2 Å². The molecule has 9 nitrogen and oxygen atoms in total. The minimum absolute atomic E-state index is 0.0760. The monoisotopic (exact) mass is 467 g/mol. The van der Waals surface area contributed by atoms with Crippen molar-refractivity contribution in [2.75, 3.05) is 6.54 Å². The molecule has 3 rings (SSSR count). The van der Waals surface area contributed by atoms with Crippen LogP contribution in [0.2, 0.25) is 0 Å². The van der Waals surface area contributed by atoms with E-state index in [9.17, 15) is 29.4 Å². The Bertz CT molecular complexity index is 1070. The summed E-state index contributed by atoms with van der Waals surface area (Å²) in [7, 11) is 0. The van der Waals surface area contributed by atoms with E-state index in [1.54, 1.807) is 0 Å². The van der Waals surface area contributed by atoms with Gasteiger partial charge >= 0.3 is 5.97 Å². The summed E-state index contributed by atoms with van der Waals surface area (Å²) in [5, 5.41) is 25.1. The molecule has 4 N–H and O–H groups in total. The second kappa shape index (κ2) is 10.9. The fourth-order valence-corrected chi connectivity index (χ4v) is 3.89. The summed E-state index contributed by atoms with van der Waals surface area (Å²) in [4.78, 5) is 50.9. The molecular weight excluding hydrogens is 438 g/mol. The Kier molecular flexibility index (Phi) is 8.01. The maximum absolute atomic E-state index is 12.8. The second-order valence-electron chi connectivity index (χ2n) is 8.72. The van der Waals surface area contributed by atoms with Crippen molar-refractivity contribution in [1.29, 1.82) is 0 Å². The molecular formula is C25H29N3O6. The molecule has 3 amide bonds. The van der Waals surface area contributed by atoms with Crippen LogP contribution in [0.4, 0.5) is 0 Å². The molecule has 2 aromatic rings. The molecule has 0 bridgehead atoms. The van der Waals surface area contributed by atoms with E-state index in [0.717, 1.165) is 10.5 Å². The van der Waals surface area contributed by atoms with E-state index in [-0.39, 0.29) is 41.7 Å². The van der Waals surface area contributed by atoms with Crippen LogP contribution in [0, 0.1) is 5.92 Å². The molecule has 1 aliphatic rings. The Morgan fingerprint density at radius 2 is 1.65 bits per heavy atom. The maximum Gasteiger partial charge on any atom is 0.320 e. The number of amides is 3. The van der Waals surface area contributed by atoms with Gasteiger partial charge in [-0.3, -0.25) is 29.4 Å². The van der Waals surface area contributed by atoms with E-state index < -0.39 is 29.9 Å². The van der Waals surface area contributed by atoms with Gasteiger partial charge in [-0.25, -0.2) is 0 Å². The van der Waals surface area contributed by atoms with Crippen LogP contribution in [0.3, 0.4) is 0 Å². The van der Waals surface area contributed by atoms with Crippen LogP contribution in [0.15, 0.2) is 48.5 Å². The van der Waals surface area contributed by atoms with E-state index in [4.69, 9.17) is 0 Å². The highest BCUT2D eigenvalue weighted by Gasteiger charge is 2.37. The van der Waals surface area contributed by atoms with Gasteiger partial charge in [0.1, 0.15) is 11.8 Å². The van der Waals surface area contributed by atoms with Crippen LogP contribution < -0.4 is 10.6 Å². The van der Waals surface area contributed by atoms with Gasteiger partial charge in [0, 0.05) is 13.1 Å². The Morgan fingerprint density at radius 3 is 2.29 bits per heavy atom. The second-order valence-corrected chi connectivity index (χ2v) is 8.72. The van der Waals surface area contributed by atoms with Crippen LogP contribution in [-0.4, -0.2) is 57.4 Å². The Labute approximate surface area is 197 Å². The number of carboxylic acid groups (broad SMARTS) is 1. The summed E-state index contributed by atoms with van der Waals surface area (Å²) < 4.78 is 0. The Hall–Kier alpha value is -3.72. The number of phenols is 1. The smallest absolute Gasteiger partial charge is 0.320 e. The molecule has 1 heterocycles. The largest absolute Gasteiger partial charge is 0.508 e. The summed E-state index contributed by atoms with van der Waals surface area (Å²) in [5.74, 6) is -2.63. The lowest BCUT2D eigenvalue weighted by atomic mass is 10.0. The summed E-state index contributed by atoms with van der Waals surface area (Å²) in [6.45, 7) is 4.04. The molecule has 0 aromatic heterocycles. The van der Waals surface area contributed by atoms with Crippen molar-refractivity contribution in [1.82, 2.24) is 15.5 Å². The minimum atomic E-state index is -1.18. The third-order valence-electron chi connectivity index (χ3n) is 5.63. The molecule has 180 valence electrons. The number of hydrogen-bond donors (Lipinski definition) is 4. The topological polar surface area (TPSA) is 136 Å². The molecule has 1 unspecified atom stereocenters. The number of imide groups is 1. The lowest BCUT2D eigenvalue weighted by molar-refractivity contribution is -0.140. The number of fused-ring (bicyclic) bond motifs is 1. The van der Waals surface area contributed by atoms with Crippen molar-refractivity contribution in [2.24, 2.45) is 5.92 Å². The highest BCUT2D eigenvalue weighted by Crippen LogP contribution is 2.26. The van der Waals surface area contributed by atoms with Gasteiger partial charge < -0.3 is 15.5 Å². The SMILES string of the molecule is CC(C)C[C@@H](NC(CCN1C(=O)c2ccc(O)cc2C1=O)C(=O)O)C(=O)NCc1ccccc1. The third-order valence-corrected chi connectivity index (χ3v) is 5.63. The van der Waals surface area contributed by atoms with Crippen molar-refractivity contribution in [3.8, 4) is 5.75 Å². The number of carbonyl (C=O) groups is 4. The van der Waals surface area contributed by atoms with Crippen molar-refractivity contribution in [3.05, 3.63) is 65.2 Å². The number of rotatable bonds is 11. The number of benzene rings is 2. The first kappa shape index (κ1) is 24.9. The molecule has 0 aliphatic carbocycles. The first-order chi connectivity index (χ1) is 16.2. The molecule has 9 heteroatoms. The lowest BCUT2D eigenvalue weighted by Gasteiger charge is -2.25. The average Bonchev–Trinajstić information content (AvgIpc) is 3.03. The number of carbonyl (C=O) groups excluding carboxylic acids is 3. The van der Waals surface area contributed by atoms with E-state index in [2.05, 4.69) is 10.6 Å². The van der Waals surface area contributed by atoms with E-state index in [0.29, 0.717) is 13.0 Å². The van der Waals surface area contributed by atoms with Gasteiger partial charge in [-0.2, -0.15) is 0 Å². The van der Waals surface area contributed by atoms with Crippen LogP contribution >= 0.6 is 0 Å². The normalized spacial score (nSPS) is 14.7.